The molecule has 3 aliphatic heterocycles. The average molecular weight is 219 g/mol. The van der Waals surface area contributed by atoms with Crippen molar-refractivity contribution in [1.29, 1.82) is 0 Å². The summed E-state index contributed by atoms with van der Waals surface area (Å²) in [4.78, 5) is 15.3. The number of nitrogens with one attached hydrogen (secondary N) is 1. The van der Waals surface area contributed by atoms with E-state index in [4.69, 9.17) is 4.74 Å². The minimum atomic E-state index is -0.167. The van der Waals surface area contributed by atoms with Gasteiger partial charge in [-0.25, -0.2) is 4.98 Å². The summed E-state index contributed by atoms with van der Waals surface area (Å²) < 4.78 is 7.39. The summed E-state index contributed by atoms with van der Waals surface area (Å²) in [6, 6.07) is 2.27. The summed E-state index contributed by atoms with van der Waals surface area (Å²) in [7, 11) is 0. The Bertz CT molecular complexity index is 510. The van der Waals surface area contributed by atoms with Crippen LogP contribution in [0, 0.1) is 0 Å². The molecule has 3 heterocycles. The first-order valence-electron chi connectivity index (χ1n) is 5.48. The molecule has 0 bridgehead atoms. The highest BCUT2D eigenvalue weighted by molar-refractivity contribution is 5.58. The lowest BCUT2D eigenvalue weighted by atomic mass is 10.1. The molecule has 84 valence electrons. The second-order valence-corrected chi connectivity index (χ2v) is 4.04. The van der Waals surface area contributed by atoms with E-state index in [0.717, 1.165) is 31.7 Å². The van der Waals surface area contributed by atoms with Crippen molar-refractivity contribution in [2.24, 2.45) is 0 Å². The van der Waals surface area contributed by atoms with Crippen LogP contribution >= 0.6 is 0 Å². The van der Waals surface area contributed by atoms with E-state index in [1.54, 1.807) is 12.4 Å². The minimum Gasteiger partial charge on any atom is -0.381 e. The Morgan fingerprint density at radius 3 is 3.06 bits per heavy atom. The van der Waals surface area contributed by atoms with Crippen LogP contribution in [0.1, 0.15) is 18.9 Å². The molecule has 0 spiro atoms. The molecule has 3 aliphatic rings. The van der Waals surface area contributed by atoms with Gasteiger partial charge in [-0.1, -0.05) is 0 Å². The van der Waals surface area contributed by atoms with Crippen LogP contribution in [-0.4, -0.2) is 28.0 Å². The highest BCUT2D eigenvalue weighted by Crippen LogP contribution is 2.26. The zero-order valence-electron chi connectivity index (χ0n) is 8.85. The van der Waals surface area contributed by atoms with Crippen LogP contribution in [0.25, 0.3) is 11.3 Å². The molecule has 0 aliphatic carbocycles. The predicted octanol–water partition coefficient (Wildman–Crippen LogP) is 1.03. The number of ether oxygens (including phenoxy) is 1. The molecule has 0 radical (unpaired) electrons. The van der Waals surface area contributed by atoms with Crippen LogP contribution in [0.5, 0.6) is 0 Å². The van der Waals surface area contributed by atoms with Gasteiger partial charge in [0.15, 0.2) is 0 Å². The molecule has 0 saturated carbocycles. The van der Waals surface area contributed by atoms with Crippen molar-refractivity contribution in [2.45, 2.75) is 18.9 Å². The van der Waals surface area contributed by atoms with Gasteiger partial charge in [0.25, 0.3) is 5.56 Å². The first-order valence-corrected chi connectivity index (χ1v) is 5.48. The minimum absolute atomic E-state index is 0.167. The molecule has 0 aromatic heterocycles. The van der Waals surface area contributed by atoms with Crippen molar-refractivity contribution in [3.8, 4) is 11.3 Å². The van der Waals surface area contributed by atoms with Crippen molar-refractivity contribution in [3.63, 3.8) is 0 Å². The molecular formula is C11H13N3O2. The Labute approximate surface area is 92.4 Å². The lowest BCUT2D eigenvalue weighted by Crippen LogP contribution is -2.21. The quantitative estimate of drug-likeness (QED) is 0.779. The van der Waals surface area contributed by atoms with Gasteiger partial charge in [0.2, 0.25) is 0 Å². The maximum absolute atomic E-state index is 11.5. The van der Waals surface area contributed by atoms with Crippen molar-refractivity contribution in [3.05, 3.63) is 28.8 Å². The third-order valence-corrected chi connectivity index (χ3v) is 3.09. The summed E-state index contributed by atoms with van der Waals surface area (Å²) in [5.41, 5.74) is 1.43. The smallest absolute Gasteiger partial charge is 0.280 e. The average Bonchev–Trinajstić information content (AvgIpc) is 2.75. The van der Waals surface area contributed by atoms with Gasteiger partial charge >= 0.3 is 0 Å². The first kappa shape index (κ1) is 9.59. The second kappa shape index (κ2) is 3.75. The number of hydrogen-bond acceptors (Lipinski definition) is 3. The summed E-state index contributed by atoms with van der Waals surface area (Å²) in [6.45, 7) is 1.57. The number of pyridine rings is 1. The van der Waals surface area contributed by atoms with E-state index in [1.807, 2.05) is 6.07 Å². The summed E-state index contributed by atoms with van der Waals surface area (Å²) >= 11 is 0. The number of nitrogens with zero attached hydrogens (tertiary/aromatic N) is 2. The molecule has 16 heavy (non-hydrogen) atoms. The van der Waals surface area contributed by atoms with Crippen LogP contribution in [0.15, 0.2) is 23.3 Å². The van der Waals surface area contributed by atoms with Gasteiger partial charge in [-0.05, 0) is 18.9 Å². The molecule has 0 aromatic rings. The number of H-pyrrole nitrogens is 1. The molecule has 1 saturated heterocycles. The van der Waals surface area contributed by atoms with E-state index in [2.05, 4.69) is 14.8 Å². The number of aromatic nitrogens is 3. The molecule has 1 N–H and O–H groups in total. The van der Waals surface area contributed by atoms with Gasteiger partial charge in [0, 0.05) is 25.6 Å². The van der Waals surface area contributed by atoms with Gasteiger partial charge in [-0.2, -0.15) is 0 Å². The Hall–Kier alpha value is -1.62. The number of hydrogen-bond donors (Lipinski definition) is 1. The molecule has 0 amide bonds. The van der Waals surface area contributed by atoms with Crippen LogP contribution in [0.2, 0.25) is 0 Å². The normalized spacial score (nSPS) is 18.0. The molecule has 0 unspecified atom stereocenters. The molecule has 1 fully saturated rings. The van der Waals surface area contributed by atoms with Crippen molar-refractivity contribution < 1.29 is 4.74 Å². The van der Waals surface area contributed by atoms with E-state index >= 15 is 0 Å². The van der Waals surface area contributed by atoms with Gasteiger partial charge in [0.05, 0.1) is 17.3 Å². The Balaban J connectivity index is 2.03. The van der Waals surface area contributed by atoms with E-state index in [-0.39, 0.29) is 5.56 Å². The van der Waals surface area contributed by atoms with Crippen molar-refractivity contribution >= 4 is 0 Å². The summed E-state index contributed by atoms with van der Waals surface area (Å²) in [5.74, 6) is 0. The molecule has 0 aromatic carbocycles. The Morgan fingerprint density at radius 1 is 1.44 bits per heavy atom. The van der Waals surface area contributed by atoms with Crippen molar-refractivity contribution in [2.75, 3.05) is 13.2 Å². The Morgan fingerprint density at radius 2 is 2.25 bits per heavy atom. The lowest BCUT2D eigenvalue weighted by molar-refractivity contribution is 0.0667. The number of rotatable bonds is 1. The zero-order valence-corrected chi connectivity index (χ0v) is 8.85. The van der Waals surface area contributed by atoms with Gasteiger partial charge in [-0.15, -0.1) is 0 Å². The lowest BCUT2D eigenvalue weighted by Gasteiger charge is -2.24. The van der Waals surface area contributed by atoms with E-state index in [0.29, 0.717) is 11.6 Å². The van der Waals surface area contributed by atoms with E-state index in [1.165, 1.54) is 0 Å². The fourth-order valence-electron chi connectivity index (χ4n) is 2.24. The maximum atomic E-state index is 11.5. The van der Waals surface area contributed by atoms with Crippen LogP contribution in [0.4, 0.5) is 0 Å². The second-order valence-electron chi connectivity index (χ2n) is 4.04. The van der Waals surface area contributed by atoms with Crippen molar-refractivity contribution in [1.82, 2.24) is 14.8 Å². The molecule has 5 heteroatoms. The molecule has 3 rings (SSSR count). The third-order valence-electron chi connectivity index (χ3n) is 3.09. The highest BCUT2D eigenvalue weighted by Gasteiger charge is 2.21. The standard InChI is InChI=1S/C11H13N3O2/c15-11-9-7-13-14(10(9)1-4-12-11)8-2-5-16-6-3-8/h1,4,7-8,13H,2-3,5-6H2. The fraction of sp³-hybridized carbons (Fsp3) is 0.455. The van der Waals surface area contributed by atoms with Gasteiger partial charge < -0.3 is 9.84 Å². The van der Waals surface area contributed by atoms with Gasteiger partial charge in [-0.3, -0.25) is 9.48 Å². The summed E-state index contributed by atoms with van der Waals surface area (Å²) in [5, 5.41) is 3.15. The fourth-order valence-corrected chi connectivity index (χ4v) is 2.24. The van der Waals surface area contributed by atoms with Crippen LogP contribution < -0.4 is 5.56 Å². The molecule has 0 atom stereocenters. The monoisotopic (exact) mass is 219 g/mol. The van der Waals surface area contributed by atoms with Crippen LogP contribution in [0.3, 0.4) is 0 Å². The SMILES string of the molecule is O=c1nccc2n(C3CCOCC3)[nH]cc1-2. The van der Waals surface area contributed by atoms with Crippen LogP contribution in [-0.2, 0) is 4.74 Å². The number of aromatic amines is 1. The Kier molecular flexibility index (Phi) is 2.25. The molecular weight excluding hydrogens is 206 g/mol. The first-order chi connectivity index (χ1) is 7.86. The zero-order chi connectivity index (χ0) is 11.0. The molecule has 5 nitrogen and oxygen atoms in total. The van der Waals surface area contributed by atoms with Gasteiger partial charge in [0.1, 0.15) is 0 Å². The predicted molar refractivity (Wildman–Crippen MR) is 58.6 cm³/mol. The third kappa shape index (κ3) is 1.44. The number of fused-ring (bicyclic) bond motifs is 1. The largest absolute Gasteiger partial charge is 0.381 e. The summed E-state index contributed by atoms with van der Waals surface area (Å²) in [6.07, 6.45) is 5.27. The van der Waals surface area contributed by atoms with E-state index < -0.39 is 0 Å². The highest BCUT2D eigenvalue weighted by atomic mass is 16.5. The topological polar surface area (TPSA) is 59.9 Å². The van der Waals surface area contributed by atoms with E-state index in [9.17, 15) is 4.79 Å². The maximum Gasteiger partial charge on any atom is 0.280 e.